The van der Waals surface area contributed by atoms with E-state index < -0.39 is 6.04 Å². The van der Waals surface area contributed by atoms with E-state index in [0.717, 1.165) is 4.90 Å². The fraction of sp³-hybridized carbons (Fsp3) is 0.467. The van der Waals surface area contributed by atoms with E-state index in [9.17, 15) is 9.59 Å². The highest BCUT2D eigenvalue weighted by atomic mass is 32.2. The van der Waals surface area contributed by atoms with E-state index in [1.165, 1.54) is 22.9 Å². The van der Waals surface area contributed by atoms with Gasteiger partial charge >= 0.3 is 0 Å². The third-order valence-corrected chi connectivity index (χ3v) is 3.96. The molecule has 5 heteroatoms. The van der Waals surface area contributed by atoms with Gasteiger partial charge in [-0.2, -0.15) is 0 Å². The van der Waals surface area contributed by atoms with Gasteiger partial charge in [-0.15, -0.1) is 11.8 Å². The van der Waals surface area contributed by atoms with Crippen LogP contribution in [0.5, 0.6) is 0 Å². The number of nitrogens with one attached hydrogen (secondary N) is 2. The Hall–Kier alpha value is -1.49. The Morgan fingerprint density at radius 2 is 1.95 bits per heavy atom. The van der Waals surface area contributed by atoms with Crippen LogP contribution in [-0.4, -0.2) is 30.2 Å². The number of amides is 2. The maximum Gasteiger partial charge on any atom is 0.242 e. The van der Waals surface area contributed by atoms with Crippen LogP contribution in [0.4, 0.5) is 0 Å². The van der Waals surface area contributed by atoms with Gasteiger partial charge in [-0.25, -0.2) is 0 Å². The van der Waals surface area contributed by atoms with E-state index in [1.54, 1.807) is 6.92 Å². The molecule has 0 aliphatic rings. The topological polar surface area (TPSA) is 58.2 Å². The number of likely N-dealkylation sites (N-methyl/N-ethyl adjacent to an activating group) is 1. The second kappa shape index (κ2) is 7.94. The van der Waals surface area contributed by atoms with Crippen molar-refractivity contribution in [2.45, 2.75) is 38.6 Å². The average Bonchev–Trinajstić information content (AvgIpc) is 2.40. The molecule has 2 amide bonds. The highest BCUT2D eigenvalue weighted by molar-refractivity contribution is 8.00. The number of carbonyl (C=O) groups is 2. The molecule has 0 aliphatic heterocycles. The van der Waals surface area contributed by atoms with Crippen LogP contribution in [-0.2, 0) is 9.59 Å². The van der Waals surface area contributed by atoms with Crippen LogP contribution in [0.2, 0.25) is 0 Å². The molecule has 4 nitrogen and oxygen atoms in total. The zero-order valence-corrected chi connectivity index (χ0v) is 13.3. The summed E-state index contributed by atoms with van der Waals surface area (Å²) in [6, 6.07) is 5.63. The minimum Gasteiger partial charge on any atom is -0.355 e. The summed E-state index contributed by atoms with van der Waals surface area (Å²) in [4.78, 5) is 24.3. The first kappa shape index (κ1) is 16.6. The predicted molar refractivity (Wildman–Crippen MR) is 82.9 cm³/mol. The summed E-state index contributed by atoms with van der Waals surface area (Å²) in [5.41, 5.74) is 2.45. The molecule has 0 bridgehead atoms. The second-order valence-corrected chi connectivity index (χ2v) is 5.77. The largest absolute Gasteiger partial charge is 0.355 e. The van der Waals surface area contributed by atoms with Crippen molar-refractivity contribution in [2.24, 2.45) is 0 Å². The molecule has 0 radical (unpaired) electrons. The number of thioether (sulfide) groups is 1. The number of hydrogen-bond donors (Lipinski definition) is 2. The maximum absolute atomic E-state index is 11.8. The van der Waals surface area contributed by atoms with Crippen molar-refractivity contribution >= 4 is 23.6 Å². The molecule has 0 saturated heterocycles. The first-order valence-electron chi connectivity index (χ1n) is 6.71. The SMILES string of the molecule is CCNC(=O)[C@@H](C)NC(=O)CSc1ccc(C)c(C)c1. The van der Waals surface area contributed by atoms with Crippen molar-refractivity contribution in [3.05, 3.63) is 29.3 Å². The summed E-state index contributed by atoms with van der Waals surface area (Å²) >= 11 is 1.47. The van der Waals surface area contributed by atoms with E-state index in [0.29, 0.717) is 12.3 Å². The Morgan fingerprint density at radius 3 is 2.55 bits per heavy atom. The third kappa shape index (κ3) is 5.25. The van der Waals surface area contributed by atoms with Gasteiger partial charge < -0.3 is 10.6 Å². The molecule has 1 rings (SSSR count). The predicted octanol–water partition coefficient (Wildman–Crippen LogP) is 2.04. The van der Waals surface area contributed by atoms with Crippen LogP contribution >= 0.6 is 11.8 Å². The van der Waals surface area contributed by atoms with Crippen molar-refractivity contribution in [1.82, 2.24) is 10.6 Å². The van der Waals surface area contributed by atoms with Gasteiger partial charge in [0.1, 0.15) is 6.04 Å². The van der Waals surface area contributed by atoms with Gasteiger partial charge in [-0.3, -0.25) is 9.59 Å². The van der Waals surface area contributed by atoms with E-state index in [1.807, 2.05) is 19.1 Å². The monoisotopic (exact) mass is 294 g/mol. The molecule has 0 aliphatic carbocycles. The normalized spacial score (nSPS) is 11.8. The molecule has 1 aromatic carbocycles. The van der Waals surface area contributed by atoms with E-state index in [2.05, 4.69) is 30.5 Å². The van der Waals surface area contributed by atoms with Crippen molar-refractivity contribution in [1.29, 1.82) is 0 Å². The lowest BCUT2D eigenvalue weighted by molar-refractivity contribution is -0.127. The Balaban J connectivity index is 2.43. The van der Waals surface area contributed by atoms with Crippen LogP contribution in [0, 0.1) is 13.8 Å². The quantitative estimate of drug-likeness (QED) is 0.789. The molecule has 0 fully saturated rings. The van der Waals surface area contributed by atoms with Gasteiger partial charge in [0.2, 0.25) is 11.8 Å². The minimum atomic E-state index is -0.497. The molecule has 110 valence electrons. The van der Waals surface area contributed by atoms with Crippen molar-refractivity contribution in [3.8, 4) is 0 Å². The van der Waals surface area contributed by atoms with Gasteiger partial charge in [0.15, 0.2) is 0 Å². The van der Waals surface area contributed by atoms with Gasteiger partial charge in [0.25, 0.3) is 0 Å². The smallest absolute Gasteiger partial charge is 0.242 e. The molecule has 0 spiro atoms. The molecular formula is C15H22N2O2S. The highest BCUT2D eigenvalue weighted by Crippen LogP contribution is 2.20. The molecule has 2 N–H and O–H groups in total. The summed E-state index contributed by atoms with van der Waals surface area (Å²) < 4.78 is 0. The number of benzene rings is 1. The molecule has 0 unspecified atom stereocenters. The fourth-order valence-corrected chi connectivity index (χ4v) is 2.43. The Morgan fingerprint density at radius 1 is 1.25 bits per heavy atom. The summed E-state index contributed by atoms with van der Waals surface area (Å²) in [5, 5.41) is 5.37. The Bertz CT molecular complexity index is 489. The zero-order valence-electron chi connectivity index (χ0n) is 12.4. The number of carbonyl (C=O) groups excluding carboxylic acids is 2. The molecular weight excluding hydrogens is 272 g/mol. The summed E-state index contributed by atoms with van der Waals surface area (Å²) in [6.45, 7) is 8.21. The molecule has 0 heterocycles. The number of aryl methyl sites for hydroxylation is 2. The average molecular weight is 294 g/mol. The van der Waals surface area contributed by atoms with E-state index >= 15 is 0 Å². The lowest BCUT2D eigenvalue weighted by Crippen LogP contribution is -2.45. The van der Waals surface area contributed by atoms with Crippen molar-refractivity contribution in [2.75, 3.05) is 12.3 Å². The Kier molecular flexibility index (Phi) is 6.58. The lowest BCUT2D eigenvalue weighted by Gasteiger charge is -2.13. The molecule has 1 atom stereocenters. The van der Waals surface area contributed by atoms with E-state index in [-0.39, 0.29) is 11.8 Å². The minimum absolute atomic E-state index is 0.132. The summed E-state index contributed by atoms with van der Waals surface area (Å²) in [5.74, 6) is 0.0238. The summed E-state index contributed by atoms with van der Waals surface area (Å²) in [6.07, 6.45) is 0. The number of hydrogen-bond acceptors (Lipinski definition) is 3. The van der Waals surface area contributed by atoms with Crippen LogP contribution < -0.4 is 10.6 Å². The standard InChI is InChI=1S/C15H22N2O2S/c1-5-16-15(19)12(4)17-14(18)9-20-13-7-6-10(2)11(3)8-13/h6-8,12H,5,9H2,1-4H3,(H,16,19)(H,17,18)/t12-/m1/s1. The highest BCUT2D eigenvalue weighted by Gasteiger charge is 2.14. The number of rotatable bonds is 6. The molecule has 1 aromatic rings. The first-order chi connectivity index (χ1) is 9.43. The van der Waals surface area contributed by atoms with Crippen LogP contribution in [0.1, 0.15) is 25.0 Å². The molecule has 0 saturated carbocycles. The van der Waals surface area contributed by atoms with E-state index in [4.69, 9.17) is 0 Å². The second-order valence-electron chi connectivity index (χ2n) is 4.72. The van der Waals surface area contributed by atoms with Gasteiger partial charge in [0.05, 0.1) is 5.75 Å². The van der Waals surface area contributed by atoms with Gasteiger partial charge in [-0.05, 0) is 51.0 Å². The lowest BCUT2D eigenvalue weighted by atomic mass is 10.1. The Labute approximate surface area is 124 Å². The summed E-state index contributed by atoms with van der Waals surface area (Å²) in [7, 11) is 0. The zero-order chi connectivity index (χ0) is 15.1. The maximum atomic E-state index is 11.8. The molecule has 0 aromatic heterocycles. The van der Waals surface area contributed by atoms with Crippen LogP contribution in [0.3, 0.4) is 0 Å². The first-order valence-corrected chi connectivity index (χ1v) is 7.69. The fourth-order valence-electron chi connectivity index (χ4n) is 1.63. The molecule has 20 heavy (non-hydrogen) atoms. The van der Waals surface area contributed by atoms with Gasteiger partial charge in [-0.1, -0.05) is 6.07 Å². The third-order valence-electron chi connectivity index (χ3n) is 2.97. The van der Waals surface area contributed by atoms with Gasteiger partial charge in [0, 0.05) is 11.4 Å². The van der Waals surface area contributed by atoms with Crippen LogP contribution in [0.25, 0.3) is 0 Å². The van der Waals surface area contributed by atoms with Crippen molar-refractivity contribution in [3.63, 3.8) is 0 Å². The van der Waals surface area contributed by atoms with Crippen LogP contribution in [0.15, 0.2) is 23.1 Å². The van der Waals surface area contributed by atoms with Crippen molar-refractivity contribution < 1.29 is 9.59 Å².